The first-order chi connectivity index (χ1) is 4.72. The van der Waals surface area contributed by atoms with Crippen LogP contribution in [0.2, 0.25) is 0 Å². The van der Waals surface area contributed by atoms with Gasteiger partial charge in [-0.3, -0.25) is 0 Å². The third kappa shape index (κ3) is 5.22. The molecule has 0 aromatic heterocycles. The molecule has 0 rings (SSSR count). The van der Waals surface area contributed by atoms with Gasteiger partial charge in [-0.05, 0) is 6.92 Å². The van der Waals surface area contributed by atoms with Gasteiger partial charge in [-0.25, -0.2) is 8.78 Å². The van der Waals surface area contributed by atoms with Crippen molar-refractivity contribution in [2.24, 2.45) is 0 Å². The van der Waals surface area contributed by atoms with Crippen molar-refractivity contribution in [1.82, 2.24) is 0 Å². The van der Waals surface area contributed by atoms with Gasteiger partial charge in [0.25, 0.3) is 6.43 Å². The Balaban J connectivity index is 0. The van der Waals surface area contributed by atoms with Gasteiger partial charge < -0.3 is 0 Å². The van der Waals surface area contributed by atoms with Crippen LogP contribution in [-0.2, 0) is 0 Å². The molecule has 0 aromatic carbocycles. The second-order valence-electron chi connectivity index (χ2n) is 1.29. The molecule has 0 saturated heterocycles. The zero-order chi connectivity index (χ0) is 8.57. The van der Waals surface area contributed by atoms with Gasteiger partial charge in [-0.2, -0.15) is 0 Å². The molecule has 0 amide bonds. The molecule has 0 atom stereocenters. The van der Waals surface area contributed by atoms with Crippen molar-refractivity contribution >= 4 is 0 Å². The van der Waals surface area contributed by atoms with Crippen LogP contribution in [0.5, 0.6) is 0 Å². The molecule has 2 heteroatoms. The van der Waals surface area contributed by atoms with Crippen LogP contribution >= 0.6 is 0 Å². The molecule has 0 radical (unpaired) electrons. The summed E-state index contributed by atoms with van der Waals surface area (Å²) in [6, 6.07) is 0. The fraction of sp³-hybridized carbons (Fsp3) is 0.250. The van der Waals surface area contributed by atoms with Crippen LogP contribution in [0, 0.1) is 0 Å². The zero-order valence-corrected chi connectivity index (χ0v) is 6.11. The van der Waals surface area contributed by atoms with E-state index in [9.17, 15) is 8.78 Å². The Morgan fingerprint density at radius 2 is 1.80 bits per heavy atom. The minimum atomic E-state index is -2.38. The summed E-state index contributed by atoms with van der Waals surface area (Å²) in [7, 11) is 0. The van der Waals surface area contributed by atoms with Crippen molar-refractivity contribution < 1.29 is 8.78 Å². The second-order valence-corrected chi connectivity index (χ2v) is 1.29. The van der Waals surface area contributed by atoms with Gasteiger partial charge in [-0.15, -0.1) is 13.2 Å². The summed E-state index contributed by atoms with van der Waals surface area (Å²) in [5, 5.41) is 0. The number of hydrogen-bond donors (Lipinski definition) is 0. The lowest BCUT2D eigenvalue weighted by Gasteiger charge is -1.94. The summed E-state index contributed by atoms with van der Waals surface area (Å²) in [6.45, 7) is 10.8. The maximum Gasteiger partial charge on any atom is 0.263 e. The highest BCUT2D eigenvalue weighted by atomic mass is 19.3. The first-order valence-corrected chi connectivity index (χ1v) is 2.79. The maximum absolute atomic E-state index is 11.6. The second kappa shape index (κ2) is 8.08. The Hall–Kier alpha value is -0.920. The third-order valence-electron chi connectivity index (χ3n) is 0.821. The van der Waals surface area contributed by atoms with Gasteiger partial charge in [-0.1, -0.05) is 18.7 Å². The number of rotatable bonds is 2. The minimum absolute atomic E-state index is 0.00926. The lowest BCUT2D eigenvalue weighted by Crippen LogP contribution is -1.90. The molecule has 0 spiro atoms. The van der Waals surface area contributed by atoms with Crippen LogP contribution in [0.1, 0.15) is 6.92 Å². The van der Waals surface area contributed by atoms with Gasteiger partial charge in [0.2, 0.25) is 0 Å². The highest BCUT2D eigenvalue weighted by molar-refractivity contribution is 5.17. The zero-order valence-electron chi connectivity index (χ0n) is 6.11. The molecule has 10 heavy (non-hydrogen) atoms. The average molecular weight is 146 g/mol. The van der Waals surface area contributed by atoms with Crippen LogP contribution < -0.4 is 0 Å². The third-order valence-corrected chi connectivity index (χ3v) is 0.821. The fourth-order valence-electron chi connectivity index (χ4n) is 0.333. The van der Waals surface area contributed by atoms with Crippen molar-refractivity contribution in [1.29, 1.82) is 0 Å². The van der Waals surface area contributed by atoms with Crippen molar-refractivity contribution in [3.63, 3.8) is 0 Å². The molecule has 0 heterocycles. The largest absolute Gasteiger partial charge is 0.263 e. The van der Waals surface area contributed by atoms with Crippen LogP contribution in [-0.4, -0.2) is 6.43 Å². The molecule has 0 saturated carbocycles. The van der Waals surface area contributed by atoms with Crippen molar-refractivity contribution in [3.05, 3.63) is 37.5 Å². The van der Waals surface area contributed by atoms with Crippen molar-refractivity contribution in [2.75, 3.05) is 0 Å². The van der Waals surface area contributed by atoms with Crippen LogP contribution in [0.4, 0.5) is 8.78 Å². The maximum atomic E-state index is 11.6. The Morgan fingerprint density at radius 1 is 1.40 bits per heavy atom. The number of hydrogen-bond acceptors (Lipinski definition) is 0. The van der Waals surface area contributed by atoms with Crippen LogP contribution in [0.3, 0.4) is 0 Å². The summed E-state index contributed by atoms with van der Waals surface area (Å²) < 4.78 is 23.1. The van der Waals surface area contributed by atoms with E-state index < -0.39 is 6.43 Å². The lowest BCUT2D eigenvalue weighted by molar-refractivity contribution is 0.194. The molecule has 0 unspecified atom stereocenters. The Labute approximate surface area is 60.6 Å². The molecule has 58 valence electrons. The predicted molar refractivity (Wildman–Crippen MR) is 41.2 cm³/mol. The van der Waals surface area contributed by atoms with E-state index in [1.807, 2.05) is 0 Å². The number of allylic oxidation sites excluding steroid dienone is 3. The van der Waals surface area contributed by atoms with Gasteiger partial charge >= 0.3 is 0 Å². The van der Waals surface area contributed by atoms with Gasteiger partial charge in [0.1, 0.15) is 0 Å². The molecular weight excluding hydrogens is 134 g/mol. The van der Waals surface area contributed by atoms with E-state index in [2.05, 4.69) is 19.7 Å². The van der Waals surface area contributed by atoms with E-state index in [0.717, 1.165) is 6.08 Å². The highest BCUT2D eigenvalue weighted by Gasteiger charge is 2.03. The Kier molecular flexibility index (Phi) is 9.56. The Bertz CT molecular complexity index is 114. The van der Waals surface area contributed by atoms with Gasteiger partial charge in [0.15, 0.2) is 0 Å². The summed E-state index contributed by atoms with van der Waals surface area (Å²) >= 11 is 0. The molecule has 0 fully saturated rings. The van der Waals surface area contributed by atoms with Crippen molar-refractivity contribution in [2.45, 2.75) is 13.3 Å². The standard InChI is InChI=1S/C6H8F2.C2H4/c1-3-5(4-2)6(7)8;1-2/h3-4,6H,1H2,2H3;1-2H2/b5-4-;. The molecule has 0 bridgehead atoms. The quantitative estimate of drug-likeness (QED) is 0.414. The van der Waals surface area contributed by atoms with E-state index in [0.29, 0.717) is 0 Å². The number of alkyl halides is 2. The minimum Gasteiger partial charge on any atom is -0.205 e. The SMILES string of the molecule is C=C.C=C/C(=C/C)C(F)F. The first-order valence-electron chi connectivity index (χ1n) is 2.79. The van der Waals surface area contributed by atoms with Gasteiger partial charge in [0.05, 0.1) is 0 Å². The first kappa shape index (κ1) is 11.8. The predicted octanol–water partition coefficient (Wildman–Crippen LogP) is 3.19. The van der Waals surface area contributed by atoms with E-state index >= 15 is 0 Å². The summed E-state index contributed by atoms with van der Waals surface area (Å²) in [4.78, 5) is 0. The molecule has 0 aromatic rings. The monoisotopic (exact) mass is 146 g/mol. The van der Waals surface area contributed by atoms with E-state index in [1.165, 1.54) is 6.08 Å². The smallest absolute Gasteiger partial charge is 0.205 e. The summed E-state index contributed by atoms with van der Waals surface area (Å²) in [5.41, 5.74) is -0.00926. The van der Waals surface area contributed by atoms with E-state index in [-0.39, 0.29) is 5.57 Å². The molecule has 0 nitrogen and oxygen atoms in total. The topological polar surface area (TPSA) is 0 Å². The molecule has 0 N–H and O–H groups in total. The fourth-order valence-corrected chi connectivity index (χ4v) is 0.333. The van der Waals surface area contributed by atoms with Crippen molar-refractivity contribution in [3.8, 4) is 0 Å². The molecule has 0 aliphatic carbocycles. The molecule has 0 aliphatic heterocycles. The average Bonchev–Trinajstić information content (AvgIpc) is 1.94. The Morgan fingerprint density at radius 3 is 1.80 bits per heavy atom. The number of halogens is 2. The lowest BCUT2D eigenvalue weighted by atomic mass is 10.3. The highest BCUT2D eigenvalue weighted by Crippen LogP contribution is 2.07. The molecular formula is C8H12F2. The van der Waals surface area contributed by atoms with Crippen LogP contribution in [0.15, 0.2) is 37.5 Å². The molecule has 0 aliphatic rings. The summed E-state index contributed by atoms with van der Waals surface area (Å²) in [5.74, 6) is 0. The van der Waals surface area contributed by atoms with Crippen LogP contribution in [0.25, 0.3) is 0 Å². The van der Waals surface area contributed by atoms with Gasteiger partial charge in [0, 0.05) is 5.57 Å². The van der Waals surface area contributed by atoms with E-state index in [1.54, 1.807) is 6.92 Å². The summed E-state index contributed by atoms with van der Waals surface area (Å²) in [6.07, 6.45) is 0.125. The van der Waals surface area contributed by atoms with E-state index in [4.69, 9.17) is 0 Å². The normalized spacial score (nSPS) is 10.2.